The summed E-state index contributed by atoms with van der Waals surface area (Å²) in [4.78, 5) is 12.5. The van der Waals surface area contributed by atoms with Gasteiger partial charge in [-0.3, -0.25) is 0 Å². The lowest BCUT2D eigenvalue weighted by Crippen LogP contribution is -2.11. The van der Waals surface area contributed by atoms with Gasteiger partial charge in [-0.05, 0) is 50.2 Å². The van der Waals surface area contributed by atoms with E-state index in [1.165, 1.54) is 0 Å². The molecule has 0 unspecified atom stereocenters. The Balaban J connectivity index is 1.72. The molecule has 0 N–H and O–H groups in total. The molecule has 0 spiro atoms. The third kappa shape index (κ3) is 4.25. The van der Waals surface area contributed by atoms with Gasteiger partial charge in [0.05, 0.1) is 13.7 Å². The van der Waals surface area contributed by atoms with Crippen molar-refractivity contribution in [3.8, 4) is 23.0 Å². The van der Waals surface area contributed by atoms with E-state index in [-0.39, 0.29) is 5.89 Å². The van der Waals surface area contributed by atoms with Gasteiger partial charge in [-0.25, -0.2) is 4.79 Å². The zero-order chi connectivity index (χ0) is 19.2. The second-order valence-corrected chi connectivity index (χ2v) is 5.65. The van der Waals surface area contributed by atoms with Crippen LogP contribution in [0.3, 0.4) is 0 Å². The van der Waals surface area contributed by atoms with Crippen LogP contribution in [-0.2, 0) is 4.74 Å². The highest BCUT2D eigenvalue weighted by Gasteiger charge is 2.22. The Morgan fingerprint density at radius 2 is 1.85 bits per heavy atom. The van der Waals surface area contributed by atoms with Crippen molar-refractivity contribution < 1.29 is 23.4 Å². The molecule has 0 aliphatic heterocycles. The predicted octanol–water partition coefficient (Wildman–Crippen LogP) is 4.06. The SMILES string of the molecule is CCOc1ccccc1C(=O)O[C@H](C)c1nnc(-c2ccc(OC)cc2)o1. The van der Waals surface area contributed by atoms with Crippen LogP contribution in [0.4, 0.5) is 0 Å². The highest BCUT2D eigenvalue weighted by molar-refractivity contribution is 5.92. The van der Waals surface area contributed by atoms with Crippen molar-refractivity contribution in [1.29, 1.82) is 0 Å². The first kappa shape index (κ1) is 18.4. The number of carbonyl (C=O) groups excluding carboxylic acids is 1. The van der Waals surface area contributed by atoms with Gasteiger partial charge >= 0.3 is 5.97 Å². The average Bonchev–Trinajstić information content (AvgIpc) is 3.19. The summed E-state index contributed by atoms with van der Waals surface area (Å²) in [6.07, 6.45) is -0.702. The van der Waals surface area contributed by atoms with E-state index in [4.69, 9.17) is 18.6 Å². The number of hydrogen-bond acceptors (Lipinski definition) is 7. The molecular weight excluding hydrogens is 348 g/mol. The highest BCUT2D eigenvalue weighted by Crippen LogP contribution is 2.26. The van der Waals surface area contributed by atoms with Crippen molar-refractivity contribution in [3.63, 3.8) is 0 Å². The van der Waals surface area contributed by atoms with Gasteiger partial charge in [0.2, 0.25) is 5.89 Å². The van der Waals surface area contributed by atoms with E-state index < -0.39 is 12.1 Å². The minimum Gasteiger partial charge on any atom is -0.497 e. The summed E-state index contributed by atoms with van der Waals surface area (Å²) in [7, 11) is 1.60. The van der Waals surface area contributed by atoms with E-state index in [2.05, 4.69) is 10.2 Å². The maximum Gasteiger partial charge on any atom is 0.342 e. The standard InChI is InChI=1S/C20H20N2O5/c1-4-25-17-8-6-5-7-16(17)20(23)26-13(2)18-21-22-19(27-18)14-9-11-15(24-3)12-10-14/h5-13H,4H2,1-3H3/t13-/m1/s1. The summed E-state index contributed by atoms with van der Waals surface area (Å²) < 4.78 is 21.7. The number of para-hydroxylation sites is 1. The van der Waals surface area contributed by atoms with Gasteiger partial charge < -0.3 is 18.6 Å². The van der Waals surface area contributed by atoms with Crippen molar-refractivity contribution >= 4 is 5.97 Å². The van der Waals surface area contributed by atoms with E-state index >= 15 is 0 Å². The molecule has 0 aliphatic carbocycles. The van der Waals surface area contributed by atoms with Gasteiger partial charge in [0.15, 0.2) is 6.10 Å². The first-order chi connectivity index (χ1) is 13.1. The van der Waals surface area contributed by atoms with Crippen molar-refractivity contribution in [2.75, 3.05) is 13.7 Å². The Morgan fingerprint density at radius 1 is 1.11 bits per heavy atom. The normalized spacial score (nSPS) is 11.7. The summed E-state index contributed by atoms with van der Waals surface area (Å²) in [5.41, 5.74) is 1.09. The summed E-state index contributed by atoms with van der Waals surface area (Å²) in [6.45, 7) is 3.98. The number of nitrogens with zero attached hydrogens (tertiary/aromatic N) is 2. The van der Waals surface area contributed by atoms with Crippen molar-refractivity contribution in [1.82, 2.24) is 10.2 Å². The van der Waals surface area contributed by atoms with Crippen LogP contribution >= 0.6 is 0 Å². The third-order valence-electron chi connectivity index (χ3n) is 3.82. The molecule has 0 radical (unpaired) electrons. The van der Waals surface area contributed by atoms with Gasteiger partial charge in [0.1, 0.15) is 17.1 Å². The number of hydrogen-bond donors (Lipinski definition) is 0. The molecule has 1 atom stereocenters. The summed E-state index contributed by atoms with van der Waals surface area (Å²) in [5, 5.41) is 8.00. The first-order valence-electron chi connectivity index (χ1n) is 8.53. The summed E-state index contributed by atoms with van der Waals surface area (Å²) >= 11 is 0. The van der Waals surface area contributed by atoms with E-state index in [0.29, 0.717) is 23.8 Å². The van der Waals surface area contributed by atoms with Crippen molar-refractivity contribution in [3.05, 3.63) is 60.0 Å². The summed E-state index contributed by atoms with van der Waals surface area (Å²) in [5.74, 6) is 1.24. The van der Waals surface area contributed by atoms with Crippen LogP contribution in [0.1, 0.15) is 36.2 Å². The predicted molar refractivity (Wildman–Crippen MR) is 97.7 cm³/mol. The molecule has 1 aromatic heterocycles. The van der Waals surface area contributed by atoms with Gasteiger partial charge in [0.25, 0.3) is 5.89 Å². The van der Waals surface area contributed by atoms with Crippen molar-refractivity contribution in [2.24, 2.45) is 0 Å². The Hall–Kier alpha value is -3.35. The van der Waals surface area contributed by atoms with Gasteiger partial charge in [0, 0.05) is 5.56 Å². The number of esters is 1. The van der Waals surface area contributed by atoms with Crippen LogP contribution in [0.15, 0.2) is 52.9 Å². The Kier molecular flexibility index (Phi) is 5.71. The number of ether oxygens (including phenoxy) is 3. The molecule has 1 heterocycles. The second-order valence-electron chi connectivity index (χ2n) is 5.65. The van der Waals surface area contributed by atoms with Gasteiger partial charge in [-0.2, -0.15) is 0 Å². The third-order valence-corrected chi connectivity index (χ3v) is 3.82. The molecule has 0 bridgehead atoms. The number of carbonyl (C=O) groups is 1. The fourth-order valence-electron chi connectivity index (χ4n) is 2.44. The zero-order valence-electron chi connectivity index (χ0n) is 15.3. The molecule has 2 aromatic carbocycles. The second kappa shape index (κ2) is 8.35. The van der Waals surface area contributed by atoms with Gasteiger partial charge in [-0.1, -0.05) is 12.1 Å². The van der Waals surface area contributed by atoms with Crippen LogP contribution in [-0.4, -0.2) is 29.9 Å². The minimum atomic E-state index is -0.702. The monoisotopic (exact) mass is 368 g/mol. The molecular formula is C20H20N2O5. The summed E-state index contributed by atoms with van der Waals surface area (Å²) in [6, 6.07) is 14.1. The highest BCUT2D eigenvalue weighted by atomic mass is 16.6. The van der Waals surface area contributed by atoms with Gasteiger partial charge in [-0.15, -0.1) is 10.2 Å². The molecule has 0 amide bonds. The molecule has 0 aliphatic rings. The molecule has 140 valence electrons. The molecule has 7 nitrogen and oxygen atoms in total. The molecule has 0 saturated carbocycles. The van der Waals surface area contributed by atoms with Crippen LogP contribution in [0.5, 0.6) is 11.5 Å². The van der Waals surface area contributed by atoms with E-state index in [0.717, 1.165) is 11.3 Å². The van der Waals surface area contributed by atoms with Crippen LogP contribution in [0.25, 0.3) is 11.5 Å². The van der Waals surface area contributed by atoms with Crippen LogP contribution in [0.2, 0.25) is 0 Å². The Morgan fingerprint density at radius 3 is 2.56 bits per heavy atom. The lowest BCUT2D eigenvalue weighted by atomic mass is 10.2. The number of rotatable bonds is 7. The molecule has 0 saturated heterocycles. The van der Waals surface area contributed by atoms with Crippen LogP contribution < -0.4 is 9.47 Å². The minimum absolute atomic E-state index is 0.211. The maximum atomic E-state index is 12.5. The molecule has 3 rings (SSSR count). The van der Waals surface area contributed by atoms with E-state index in [1.54, 1.807) is 50.4 Å². The fourth-order valence-corrected chi connectivity index (χ4v) is 2.44. The topological polar surface area (TPSA) is 83.7 Å². The van der Waals surface area contributed by atoms with Crippen LogP contribution in [0, 0.1) is 0 Å². The lowest BCUT2D eigenvalue weighted by Gasteiger charge is -2.12. The molecule has 27 heavy (non-hydrogen) atoms. The molecule has 7 heteroatoms. The quantitative estimate of drug-likeness (QED) is 0.581. The smallest absolute Gasteiger partial charge is 0.342 e. The Bertz CT molecular complexity index is 905. The fraction of sp³-hybridized carbons (Fsp3) is 0.250. The number of aromatic nitrogens is 2. The van der Waals surface area contributed by atoms with Crippen molar-refractivity contribution in [2.45, 2.75) is 20.0 Å². The maximum absolute atomic E-state index is 12.5. The lowest BCUT2D eigenvalue weighted by molar-refractivity contribution is 0.0276. The van der Waals surface area contributed by atoms with E-state index in [9.17, 15) is 4.79 Å². The largest absolute Gasteiger partial charge is 0.497 e. The van der Waals surface area contributed by atoms with E-state index in [1.807, 2.05) is 19.1 Å². The zero-order valence-corrected chi connectivity index (χ0v) is 15.3. The first-order valence-corrected chi connectivity index (χ1v) is 8.53. The molecule has 3 aromatic rings. The Labute approximate surface area is 156 Å². The number of methoxy groups -OCH3 is 1. The number of benzene rings is 2. The average molecular weight is 368 g/mol. The molecule has 0 fully saturated rings.